The summed E-state index contributed by atoms with van der Waals surface area (Å²) in [7, 11) is 1.81. The number of anilines is 1. The van der Waals surface area contributed by atoms with Crippen LogP contribution >= 0.6 is 0 Å². The first kappa shape index (κ1) is 27.2. The van der Waals surface area contributed by atoms with Gasteiger partial charge in [-0.3, -0.25) is 0 Å². The maximum atomic E-state index is 13.4. The van der Waals surface area contributed by atoms with E-state index in [0.717, 1.165) is 61.9 Å². The molecule has 3 N–H and O–H groups in total. The fourth-order valence-electron chi connectivity index (χ4n) is 6.28. The number of aromatic nitrogens is 4. The predicted molar refractivity (Wildman–Crippen MR) is 151 cm³/mol. The van der Waals surface area contributed by atoms with Crippen molar-refractivity contribution in [2.75, 3.05) is 11.9 Å². The molecule has 0 radical (unpaired) electrons. The Labute approximate surface area is 230 Å². The number of benzene rings is 2. The monoisotopic (exact) mass is 533 g/mol. The first-order chi connectivity index (χ1) is 19.0. The zero-order valence-corrected chi connectivity index (χ0v) is 23.0. The number of nitrogens with one attached hydrogen (secondary N) is 3. The van der Waals surface area contributed by atoms with Crippen LogP contribution in [0.1, 0.15) is 75.3 Å². The molecule has 3 aromatic rings. The summed E-state index contributed by atoms with van der Waals surface area (Å²) in [5.74, 6) is 1.36. The molecule has 39 heavy (non-hydrogen) atoms. The van der Waals surface area contributed by atoms with Gasteiger partial charge in [-0.15, -0.1) is 5.10 Å². The highest BCUT2D eigenvalue weighted by atomic mass is 19.1. The van der Waals surface area contributed by atoms with E-state index in [9.17, 15) is 9.18 Å². The summed E-state index contributed by atoms with van der Waals surface area (Å²) < 4.78 is 15.0. The summed E-state index contributed by atoms with van der Waals surface area (Å²) in [4.78, 5) is 13.1. The van der Waals surface area contributed by atoms with Crippen molar-refractivity contribution in [1.82, 2.24) is 30.8 Å². The second-order valence-electron chi connectivity index (χ2n) is 11.2. The molecule has 0 saturated heterocycles. The standard InChI is InChI=1S/C30H40FN7O/c1-3-20-15-24(29-35-36-37-38(29)2)18-27(16-20)33-30(39)34-28-10-5-4-7-23(28)19-32-26-9-6-8-22(17-26)21-11-13-25(31)14-12-21/h11-16,18,22-23,26,28,32H,3-10,17,19H2,1-2H3,(H2,33,34,39)/t22-,23+,26+,28-/m1/s1. The smallest absolute Gasteiger partial charge is 0.319 e. The van der Waals surface area contributed by atoms with Crippen molar-refractivity contribution < 1.29 is 9.18 Å². The first-order valence-electron chi connectivity index (χ1n) is 14.4. The van der Waals surface area contributed by atoms with E-state index in [0.29, 0.717) is 23.7 Å². The molecule has 0 bridgehead atoms. The Morgan fingerprint density at radius 3 is 2.64 bits per heavy atom. The van der Waals surface area contributed by atoms with Gasteiger partial charge < -0.3 is 16.0 Å². The van der Waals surface area contributed by atoms with Crippen LogP contribution in [0.2, 0.25) is 0 Å². The number of carbonyl (C=O) groups is 1. The molecule has 2 amide bonds. The summed E-state index contributed by atoms with van der Waals surface area (Å²) in [5, 5.41) is 22.0. The predicted octanol–water partition coefficient (Wildman–Crippen LogP) is 5.57. The zero-order chi connectivity index (χ0) is 27.2. The fourth-order valence-corrected chi connectivity index (χ4v) is 6.28. The number of carbonyl (C=O) groups excluding carboxylic acids is 1. The van der Waals surface area contributed by atoms with Crippen LogP contribution in [0.3, 0.4) is 0 Å². The first-order valence-corrected chi connectivity index (χ1v) is 14.4. The molecule has 8 nitrogen and oxygen atoms in total. The van der Waals surface area contributed by atoms with E-state index in [4.69, 9.17) is 0 Å². The number of amides is 2. The summed E-state index contributed by atoms with van der Waals surface area (Å²) >= 11 is 0. The van der Waals surface area contributed by atoms with E-state index in [1.54, 1.807) is 23.9 Å². The fraction of sp³-hybridized carbons (Fsp3) is 0.533. The van der Waals surface area contributed by atoms with Crippen molar-refractivity contribution in [3.8, 4) is 11.4 Å². The van der Waals surface area contributed by atoms with Gasteiger partial charge in [0.15, 0.2) is 5.82 Å². The Bertz CT molecular complexity index is 1240. The summed E-state index contributed by atoms with van der Waals surface area (Å²) in [6, 6.07) is 13.4. The van der Waals surface area contributed by atoms with Gasteiger partial charge in [0.05, 0.1) is 0 Å². The van der Waals surface area contributed by atoms with Gasteiger partial charge in [-0.05, 0) is 102 Å². The van der Waals surface area contributed by atoms with Crippen LogP contribution < -0.4 is 16.0 Å². The van der Waals surface area contributed by atoms with E-state index in [1.165, 1.54) is 24.8 Å². The van der Waals surface area contributed by atoms with Crippen LogP contribution in [0.5, 0.6) is 0 Å². The van der Waals surface area contributed by atoms with Gasteiger partial charge in [-0.25, -0.2) is 13.9 Å². The van der Waals surface area contributed by atoms with E-state index in [1.807, 2.05) is 24.3 Å². The highest BCUT2D eigenvalue weighted by Gasteiger charge is 2.29. The normalized spacial score (nSPS) is 23.4. The van der Waals surface area contributed by atoms with Crippen LogP contribution in [-0.2, 0) is 13.5 Å². The minimum atomic E-state index is -0.176. The average Bonchev–Trinajstić information content (AvgIpc) is 3.38. The zero-order valence-electron chi connectivity index (χ0n) is 23.0. The van der Waals surface area contributed by atoms with Crippen molar-refractivity contribution in [1.29, 1.82) is 0 Å². The topological polar surface area (TPSA) is 96.8 Å². The molecule has 0 aliphatic heterocycles. The number of aryl methyl sites for hydroxylation is 2. The minimum Gasteiger partial charge on any atom is -0.335 e. The molecular formula is C30H40FN7O. The second kappa shape index (κ2) is 12.7. The summed E-state index contributed by atoms with van der Waals surface area (Å²) in [6.45, 7) is 2.99. The number of halogens is 1. The molecule has 2 aliphatic carbocycles. The number of tetrazole rings is 1. The molecule has 2 aromatic carbocycles. The van der Waals surface area contributed by atoms with Gasteiger partial charge >= 0.3 is 6.03 Å². The molecule has 2 aliphatic rings. The number of hydrogen-bond acceptors (Lipinski definition) is 5. The lowest BCUT2D eigenvalue weighted by Gasteiger charge is -2.35. The lowest BCUT2D eigenvalue weighted by molar-refractivity contribution is 0.219. The molecule has 9 heteroatoms. The Kier molecular flexibility index (Phi) is 8.86. The van der Waals surface area contributed by atoms with Crippen LogP contribution in [0.25, 0.3) is 11.4 Å². The summed E-state index contributed by atoms with van der Waals surface area (Å²) in [5.41, 5.74) is 3.96. The highest BCUT2D eigenvalue weighted by molar-refractivity contribution is 5.90. The molecule has 1 heterocycles. The lowest BCUT2D eigenvalue weighted by Crippen LogP contribution is -2.48. The van der Waals surface area contributed by atoms with Gasteiger partial charge in [-0.1, -0.05) is 38.3 Å². The van der Waals surface area contributed by atoms with E-state index in [-0.39, 0.29) is 17.9 Å². The quantitative estimate of drug-likeness (QED) is 0.352. The molecule has 2 saturated carbocycles. The molecule has 208 valence electrons. The highest BCUT2D eigenvalue weighted by Crippen LogP contribution is 2.33. The molecule has 2 fully saturated rings. The van der Waals surface area contributed by atoms with Crippen molar-refractivity contribution in [2.45, 2.75) is 82.7 Å². The minimum absolute atomic E-state index is 0.138. The molecule has 0 unspecified atom stereocenters. The van der Waals surface area contributed by atoms with E-state index >= 15 is 0 Å². The molecule has 4 atom stereocenters. The molecule has 5 rings (SSSR count). The van der Waals surface area contributed by atoms with Crippen molar-refractivity contribution >= 4 is 11.7 Å². The largest absolute Gasteiger partial charge is 0.335 e. The number of nitrogens with zero attached hydrogens (tertiary/aromatic N) is 4. The SMILES string of the molecule is CCc1cc(NC(=O)N[C@@H]2CCCC[C@H]2CN[C@H]2CCC[C@@H](c3ccc(F)cc3)C2)cc(-c2nnnn2C)c1. The Hall–Kier alpha value is -3.33. The van der Waals surface area contributed by atoms with Gasteiger partial charge in [0.25, 0.3) is 0 Å². The van der Waals surface area contributed by atoms with Crippen LogP contribution in [0.15, 0.2) is 42.5 Å². The number of hydrogen-bond donors (Lipinski definition) is 3. The van der Waals surface area contributed by atoms with Crippen molar-refractivity contribution in [3.63, 3.8) is 0 Å². The molecular weight excluding hydrogens is 493 g/mol. The van der Waals surface area contributed by atoms with Gasteiger partial charge in [0.2, 0.25) is 0 Å². The average molecular weight is 534 g/mol. The van der Waals surface area contributed by atoms with Gasteiger partial charge in [-0.2, -0.15) is 0 Å². The Balaban J connectivity index is 1.17. The van der Waals surface area contributed by atoms with Gasteiger partial charge in [0, 0.05) is 36.9 Å². The maximum Gasteiger partial charge on any atom is 0.319 e. The van der Waals surface area contributed by atoms with Gasteiger partial charge in [0.1, 0.15) is 5.82 Å². The Morgan fingerprint density at radius 1 is 1.05 bits per heavy atom. The Morgan fingerprint density at radius 2 is 1.87 bits per heavy atom. The number of urea groups is 1. The third-order valence-electron chi connectivity index (χ3n) is 8.45. The second-order valence-corrected chi connectivity index (χ2v) is 11.2. The third-order valence-corrected chi connectivity index (χ3v) is 8.45. The van der Waals surface area contributed by atoms with E-state index < -0.39 is 0 Å². The van der Waals surface area contributed by atoms with Crippen LogP contribution in [0, 0.1) is 11.7 Å². The van der Waals surface area contributed by atoms with Crippen molar-refractivity contribution in [2.24, 2.45) is 13.0 Å². The molecule has 1 aromatic heterocycles. The van der Waals surface area contributed by atoms with Crippen LogP contribution in [0.4, 0.5) is 14.9 Å². The maximum absolute atomic E-state index is 13.4. The molecule has 0 spiro atoms. The summed E-state index contributed by atoms with van der Waals surface area (Å²) in [6.07, 6.45) is 9.86. The lowest BCUT2D eigenvalue weighted by atomic mass is 9.80. The van der Waals surface area contributed by atoms with E-state index in [2.05, 4.69) is 44.5 Å². The number of rotatable bonds is 8. The van der Waals surface area contributed by atoms with Crippen molar-refractivity contribution in [3.05, 3.63) is 59.4 Å². The van der Waals surface area contributed by atoms with Crippen LogP contribution in [-0.4, -0.2) is 44.9 Å². The third kappa shape index (κ3) is 7.01.